The van der Waals surface area contributed by atoms with Crippen molar-refractivity contribution in [2.75, 3.05) is 26.2 Å². The number of amides is 1. The van der Waals surface area contributed by atoms with E-state index in [-0.39, 0.29) is 11.6 Å². The van der Waals surface area contributed by atoms with Crippen LogP contribution in [0.1, 0.15) is 39.6 Å². The van der Waals surface area contributed by atoms with Crippen LogP contribution in [-0.4, -0.2) is 62.7 Å². The van der Waals surface area contributed by atoms with Crippen molar-refractivity contribution in [3.05, 3.63) is 52.8 Å². The largest absolute Gasteiger partial charge is 0.476 e. The van der Waals surface area contributed by atoms with Gasteiger partial charge in [0.05, 0.1) is 6.54 Å². The summed E-state index contributed by atoms with van der Waals surface area (Å²) in [5, 5.41) is 13.5. The highest BCUT2D eigenvalue weighted by atomic mass is 16.4. The molecule has 142 valence electrons. The Hall–Kier alpha value is -2.67. The average Bonchev–Trinajstić information content (AvgIpc) is 3.27. The molecule has 1 amide bonds. The molecule has 27 heavy (non-hydrogen) atoms. The number of hydrogen-bond donors (Lipinski definition) is 1. The number of fused-ring (bicyclic) bond motifs is 1. The molecular weight excluding hydrogens is 344 g/mol. The molecule has 0 aliphatic carbocycles. The molecule has 2 aliphatic heterocycles. The van der Waals surface area contributed by atoms with Crippen molar-refractivity contribution in [1.29, 1.82) is 0 Å². The predicted molar refractivity (Wildman–Crippen MR) is 99.5 cm³/mol. The Morgan fingerprint density at radius 2 is 2.00 bits per heavy atom. The fourth-order valence-corrected chi connectivity index (χ4v) is 4.24. The molecule has 1 saturated heterocycles. The van der Waals surface area contributed by atoms with E-state index in [4.69, 9.17) is 0 Å². The number of aryl methyl sites for hydroxylation is 1. The summed E-state index contributed by atoms with van der Waals surface area (Å²) in [6.07, 6.45) is 1.71. The smallest absolute Gasteiger partial charge is 0.356 e. The molecule has 0 spiro atoms. The molecule has 1 atom stereocenters. The molecule has 0 radical (unpaired) electrons. The Bertz CT molecular complexity index is 862. The molecule has 2 aromatic rings. The molecule has 2 aliphatic rings. The van der Waals surface area contributed by atoms with Crippen LogP contribution >= 0.6 is 0 Å². The Balaban J connectivity index is 1.39. The van der Waals surface area contributed by atoms with Crippen molar-refractivity contribution in [2.24, 2.45) is 7.05 Å². The summed E-state index contributed by atoms with van der Waals surface area (Å²) in [4.78, 5) is 28.2. The summed E-state index contributed by atoms with van der Waals surface area (Å²) >= 11 is 0. The lowest BCUT2D eigenvalue weighted by molar-refractivity contribution is -0.133. The molecule has 7 heteroatoms. The Morgan fingerprint density at radius 3 is 2.74 bits per heavy atom. The van der Waals surface area contributed by atoms with E-state index >= 15 is 0 Å². The second-order valence-electron chi connectivity index (χ2n) is 7.40. The van der Waals surface area contributed by atoms with Crippen LogP contribution in [0.2, 0.25) is 0 Å². The minimum absolute atomic E-state index is 0.0644. The predicted octanol–water partition coefficient (Wildman–Crippen LogP) is 1.49. The number of likely N-dealkylation sites (tertiary alicyclic amines) is 1. The number of carboxylic acid groups (broad SMARTS) is 1. The van der Waals surface area contributed by atoms with Gasteiger partial charge in [0.25, 0.3) is 0 Å². The quantitative estimate of drug-likeness (QED) is 0.885. The third kappa shape index (κ3) is 3.47. The second kappa shape index (κ2) is 7.15. The van der Waals surface area contributed by atoms with Crippen LogP contribution in [0.5, 0.6) is 0 Å². The number of carbonyl (C=O) groups excluding carboxylic acids is 1. The second-order valence-corrected chi connectivity index (χ2v) is 7.40. The molecule has 1 N–H and O–H groups in total. The number of benzene rings is 1. The molecule has 7 nitrogen and oxygen atoms in total. The van der Waals surface area contributed by atoms with E-state index in [2.05, 4.69) is 34.3 Å². The third-order valence-electron chi connectivity index (χ3n) is 5.70. The van der Waals surface area contributed by atoms with Gasteiger partial charge >= 0.3 is 5.97 Å². The first-order chi connectivity index (χ1) is 13.0. The van der Waals surface area contributed by atoms with Gasteiger partial charge in [-0.15, -0.1) is 0 Å². The number of aromatic nitrogens is 2. The van der Waals surface area contributed by atoms with Crippen molar-refractivity contribution in [2.45, 2.75) is 25.3 Å². The van der Waals surface area contributed by atoms with Crippen LogP contribution in [0.25, 0.3) is 0 Å². The molecule has 1 fully saturated rings. The van der Waals surface area contributed by atoms with E-state index in [9.17, 15) is 14.7 Å². The van der Waals surface area contributed by atoms with Gasteiger partial charge in [-0.2, -0.15) is 5.10 Å². The van der Waals surface area contributed by atoms with Gasteiger partial charge < -0.3 is 10.0 Å². The number of aromatic carboxylic acids is 1. The highest BCUT2D eigenvalue weighted by Crippen LogP contribution is 2.27. The van der Waals surface area contributed by atoms with E-state index in [0.29, 0.717) is 37.5 Å². The highest BCUT2D eigenvalue weighted by Gasteiger charge is 2.31. The maximum absolute atomic E-state index is 12.8. The molecule has 1 unspecified atom stereocenters. The molecular formula is C20H24N4O3. The van der Waals surface area contributed by atoms with Crippen molar-refractivity contribution in [1.82, 2.24) is 19.6 Å². The third-order valence-corrected chi connectivity index (χ3v) is 5.70. The van der Waals surface area contributed by atoms with Gasteiger partial charge in [0, 0.05) is 44.4 Å². The zero-order valence-electron chi connectivity index (χ0n) is 15.5. The van der Waals surface area contributed by atoms with E-state index < -0.39 is 5.97 Å². The maximum atomic E-state index is 12.8. The van der Waals surface area contributed by atoms with Gasteiger partial charge in [-0.3, -0.25) is 14.4 Å². The van der Waals surface area contributed by atoms with Crippen LogP contribution in [0.4, 0.5) is 0 Å². The fraction of sp³-hybridized carbons (Fsp3) is 0.450. The summed E-state index contributed by atoms with van der Waals surface area (Å²) in [5.41, 5.74) is 2.99. The minimum atomic E-state index is -1.04. The summed E-state index contributed by atoms with van der Waals surface area (Å²) in [6, 6.07) is 10.4. The fourth-order valence-electron chi connectivity index (χ4n) is 4.24. The number of carboxylic acids is 1. The minimum Gasteiger partial charge on any atom is -0.476 e. The van der Waals surface area contributed by atoms with E-state index in [1.807, 2.05) is 6.07 Å². The van der Waals surface area contributed by atoms with Crippen LogP contribution < -0.4 is 0 Å². The topological polar surface area (TPSA) is 78.7 Å². The van der Waals surface area contributed by atoms with Crippen molar-refractivity contribution < 1.29 is 14.7 Å². The number of hydrogen-bond acceptors (Lipinski definition) is 4. The Labute approximate surface area is 158 Å². The highest BCUT2D eigenvalue weighted by molar-refractivity contribution is 5.88. The lowest BCUT2D eigenvalue weighted by Gasteiger charge is -2.29. The first kappa shape index (κ1) is 17.7. The average molecular weight is 368 g/mol. The summed E-state index contributed by atoms with van der Waals surface area (Å²) < 4.78 is 1.63. The monoisotopic (exact) mass is 368 g/mol. The van der Waals surface area contributed by atoms with E-state index in [1.165, 1.54) is 5.56 Å². The van der Waals surface area contributed by atoms with Gasteiger partial charge in [-0.1, -0.05) is 30.3 Å². The molecule has 0 bridgehead atoms. The van der Waals surface area contributed by atoms with Gasteiger partial charge in [0.2, 0.25) is 5.91 Å². The van der Waals surface area contributed by atoms with Crippen LogP contribution in [0.15, 0.2) is 30.3 Å². The molecule has 1 aromatic heterocycles. The summed E-state index contributed by atoms with van der Waals surface area (Å²) in [6.45, 7) is 3.14. The first-order valence-electron chi connectivity index (χ1n) is 9.36. The van der Waals surface area contributed by atoms with E-state index in [1.54, 1.807) is 16.6 Å². The zero-order valence-corrected chi connectivity index (χ0v) is 15.5. The Morgan fingerprint density at radius 1 is 1.22 bits per heavy atom. The van der Waals surface area contributed by atoms with Crippen LogP contribution in [0.3, 0.4) is 0 Å². The van der Waals surface area contributed by atoms with Crippen molar-refractivity contribution in [3.63, 3.8) is 0 Å². The number of nitrogens with zero attached hydrogens (tertiary/aromatic N) is 4. The van der Waals surface area contributed by atoms with Gasteiger partial charge in [-0.25, -0.2) is 4.79 Å². The summed E-state index contributed by atoms with van der Waals surface area (Å²) in [7, 11) is 1.76. The lowest BCUT2D eigenvalue weighted by atomic mass is 9.99. The molecule has 3 heterocycles. The standard InChI is InChI=1S/C20H24N4O3/c1-22-17-8-10-24(12-16(17)19(21-22)20(26)27)18(25)13-23-9-7-15(11-23)14-5-3-2-4-6-14/h2-6,15H,7-13H2,1H3,(H,26,27). The van der Waals surface area contributed by atoms with Crippen molar-refractivity contribution in [3.8, 4) is 0 Å². The van der Waals surface area contributed by atoms with Gasteiger partial charge in [-0.05, 0) is 24.4 Å². The number of carbonyl (C=O) groups is 2. The number of rotatable bonds is 4. The molecule has 0 saturated carbocycles. The van der Waals surface area contributed by atoms with Crippen molar-refractivity contribution >= 4 is 11.9 Å². The molecule has 4 rings (SSSR count). The van der Waals surface area contributed by atoms with Crippen LogP contribution in [0, 0.1) is 0 Å². The van der Waals surface area contributed by atoms with Crippen LogP contribution in [-0.2, 0) is 24.8 Å². The van der Waals surface area contributed by atoms with Gasteiger partial charge in [0.1, 0.15) is 0 Å². The lowest BCUT2D eigenvalue weighted by Crippen LogP contribution is -2.42. The first-order valence-corrected chi connectivity index (χ1v) is 9.36. The summed E-state index contributed by atoms with van der Waals surface area (Å²) in [5.74, 6) is -0.496. The van der Waals surface area contributed by atoms with Gasteiger partial charge in [0.15, 0.2) is 5.69 Å². The normalized spacial score (nSPS) is 19.9. The molecule has 1 aromatic carbocycles. The Kier molecular flexibility index (Phi) is 4.70. The SMILES string of the molecule is Cn1nc(C(=O)O)c2c1CCN(C(=O)CN1CCC(c3ccccc3)C1)C2. The maximum Gasteiger partial charge on any atom is 0.356 e. The van der Waals surface area contributed by atoms with E-state index in [0.717, 1.165) is 25.2 Å². The zero-order chi connectivity index (χ0) is 19.0.